The summed E-state index contributed by atoms with van der Waals surface area (Å²) in [6, 6.07) is 2.66. The summed E-state index contributed by atoms with van der Waals surface area (Å²) in [5.41, 5.74) is 0.0126. The molecule has 0 aliphatic carbocycles. The average Bonchev–Trinajstić information content (AvgIpc) is 2.47. The van der Waals surface area contributed by atoms with Gasteiger partial charge in [0.25, 0.3) is 5.69 Å². The van der Waals surface area contributed by atoms with Crippen LogP contribution in [0.25, 0.3) is 0 Å². The quantitative estimate of drug-likeness (QED) is 0.592. The third kappa shape index (κ3) is 3.16. The molecule has 22 heavy (non-hydrogen) atoms. The van der Waals surface area contributed by atoms with Gasteiger partial charge in [0.1, 0.15) is 5.69 Å². The molecule has 0 N–H and O–H groups in total. The number of nitrogens with zero attached hydrogens (tertiary/aromatic N) is 2. The van der Waals surface area contributed by atoms with Gasteiger partial charge in [-0.1, -0.05) is 23.2 Å². The highest BCUT2D eigenvalue weighted by Crippen LogP contribution is 2.40. The van der Waals surface area contributed by atoms with Crippen LogP contribution in [0.5, 0.6) is 0 Å². The van der Waals surface area contributed by atoms with E-state index in [1.54, 1.807) is 18.7 Å². The second-order valence-electron chi connectivity index (χ2n) is 5.83. The third-order valence-corrected chi connectivity index (χ3v) is 7.09. The molecule has 0 amide bonds. The minimum atomic E-state index is -3.27. The molecule has 0 atom stereocenters. The average molecular weight is 367 g/mol. The van der Waals surface area contributed by atoms with Gasteiger partial charge in [-0.05, 0) is 26.3 Å². The molecule has 9 heteroatoms. The lowest BCUT2D eigenvalue weighted by Crippen LogP contribution is -2.33. The van der Waals surface area contributed by atoms with E-state index in [0.29, 0.717) is 13.0 Å². The molecule has 0 bridgehead atoms. The van der Waals surface area contributed by atoms with Gasteiger partial charge in [0, 0.05) is 24.2 Å². The van der Waals surface area contributed by atoms with E-state index in [1.165, 1.54) is 12.1 Å². The molecule has 1 aliphatic rings. The van der Waals surface area contributed by atoms with Crippen LogP contribution in [0.15, 0.2) is 12.1 Å². The molecule has 1 saturated heterocycles. The standard InChI is InChI=1S/C13H16Cl2N2O4S/c1-13(2)3-4-16(5-6-22(13,20)21)12-10(15)7-9(14)8-11(12)17(18)19/h7-8H,3-6H2,1-2H3. The molecule has 1 aliphatic heterocycles. The number of sulfone groups is 1. The maximum atomic E-state index is 12.2. The summed E-state index contributed by atoms with van der Waals surface area (Å²) < 4.78 is 23.6. The van der Waals surface area contributed by atoms with Crippen LogP contribution < -0.4 is 4.90 Å². The van der Waals surface area contributed by atoms with E-state index < -0.39 is 19.5 Å². The lowest BCUT2D eigenvalue weighted by Gasteiger charge is -2.24. The fourth-order valence-corrected chi connectivity index (χ4v) is 4.42. The molecule has 0 saturated carbocycles. The van der Waals surface area contributed by atoms with Gasteiger partial charge in [0.05, 0.1) is 20.4 Å². The molecule has 1 aromatic rings. The minimum Gasteiger partial charge on any atom is -0.364 e. The maximum absolute atomic E-state index is 12.2. The summed E-state index contributed by atoms with van der Waals surface area (Å²) in [5.74, 6) is -0.0733. The highest BCUT2D eigenvalue weighted by Gasteiger charge is 2.38. The molecule has 0 aromatic heterocycles. The van der Waals surface area contributed by atoms with Crippen molar-refractivity contribution in [1.82, 2.24) is 0 Å². The predicted molar refractivity (Wildman–Crippen MR) is 87.8 cm³/mol. The first kappa shape index (κ1) is 17.3. The van der Waals surface area contributed by atoms with E-state index in [2.05, 4.69) is 0 Å². The zero-order valence-electron chi connectivity index (χ0n) is 12.2. The zero-order valence-corrected chi connectivity index (χ0v) is 14.5. The number of halogens is 2. The minimum absolute atomic E-state index is 0.0733. The summed E-state index contributed by atoms with van der Waals surface area (Å²) in [7, 11) is -3.27. The monoisotopic (exact) mass is 366 g/mol. The Hall–Kier alpha value is -1.05. The van der Waals surface area contributed by atoms with Crippen molar-refractivity contribution >= 4 is 44.4 Å². The Bertz CT molecular complexity index is 719. The van der Waals surface area contributed by atoms with E-state index in [4.69, 9.17) is 23.2 Å². The Labute approximate surface area is 139 Å². The Balaban J connectivity index is 2.48. The van der Waals surface area contributed by atoms with Crippen LogP contribution in [-0.2, 0) is 9.84 Å². The number of nitro groups is 1. The van der Waals surface area contributed by atoms with Crippen molar-refractivity contribution in [2.75, 3.05) is 23.7 Å². The van der Waals surface area contributed by atoms with Crippen molar-refractivity contribution in [3.05, 3.63) is 32.3 Å². The van der Waals surface area contributed by atoms with Crippen LogP contribution in [0.4, 0.5) is 11.4 Å². The summed E-state index contributed by atoms with van der Waals surface area (Å²) in [6.07, 6.45) is 0.367. The van der Waals surface area contributed by atoms with Crippen molar-refractivity contribution in [2.24, 2.45) is 0 Å². The Morgan fingerprint density at radius 3 is 2.50 bits per heavy atom. The summed E-state index contributed by atoms with van der Waals surface area (Å²) in [5, 5.41) is 11.6. The fraction of sp³-hybridized carbons (Fsp3) is 0.538. The zero-order chi connectivity index (χ0) is 16.7. The van der Waals surface area contributed by atoms with Crippen molar-refractivity contribution in [3.8, 4) is 0 Å². The molecule has 122 valence electrons. The van der Waals surface area contributed by atoms with Crippen LogP contribution in [0.1, 0.15) is 20.3 Å². The molecular weight excluding hydrogens is 351 g/mol. The Morgan fingerprint density at radius 1 is 1.27 bits per heavy atom. The lowest BCUT2D eigenvalue weighted by atomic mass is 10.1. The van der Waals surface area contributed by atoms with Gasteiger partial charge in [-0.3, -0.25) is 10.1 Å². The first-order chi connectivity index (χ1) is 10.0. The van der Waals surface area contributed by atoms with Crippen LogP contribution in [0.2, 0.25) is 10.0 Å². The molecule has 2 rings (SSSR count). The number of anilines is 1. The van der Waals surface area contributed by atoms with Crippen molar-refractivity contribution in [1.29, 1.82) is 0 Å². The first-order valence-electron chi connectivity index (χ1n) is 6.66. The van der Waals surface area contributed by atoms with Crippen molar-refractivity contribution in [2.45, 2.75) is 25.0 Å². The van der Waals surface area contributed by atoms with Crippen LogP contribution in [0, 0.1) is 10.1 Å². The Morgan fingerprint density at radius 2 is 1.91 bits per heavy atom. The molecule has 0 radical (unpaired) electrons. The van der Waals surface area contributed by atoms with Gasteiger partial charge in [0.2, 0.25) is 0 Å². The number of rotatable bonds is 2. The summed E-state index contributed by atoms with van der Waals surface area (Å²) in [6.45, 7) is 3.87. The summed E-state index contributed by atoms with van der Waals surface area (Å²) >= 11 is 12.0. The second kappa shape index (κ2) is 5.86. The molecule has 1 fully saturated rings. The maximum Gasteiger partial charge on any atom is 0.295 e. The van der Waals surface area contributed by atoms with Gasteiger partial charge in [-0.25, -0.2) is 8.42 Å². The number of hydrogen-bond acceptors (Lipinski definition) is 5. The van der Waals surface area contributed by atoms with Crippen LogP contribution in [0.3, 0.4) is 0 Å². The van der Waals surface area contributed by atoms with E-state index >= 15 is 0 Å². The van der Waals surface area contributed by atoms with E-state index in [0.717, 1.165) is 0 Å². The number of hydrogen-bond donors (Lipinski definition) is 0. The van der Waals surface area contributed by atoms with Gasteiger partial charge >= 0.3 is 0 Å². The van der Waals surface area contributed by atoms with Crippen molar-refractivity contribution < 1.29 is 13.3 Å². The summed E-state index contributed by atoms with van der Waals surface area (Å²) in [4.78, 5) is 12.4. The van der Waals surface area contributed by atoms with Gasteiger partial charge in [-0.15, -0.1) is 0 Å². The highest BCUT2D eigenvalue weighted by atomic mass is 35.5. The smallest absolute Gasteiger partial charge is 0.295 e. The number of nitro benzene ring substituents is 1. The van der Waals surface area contributed by atoms with Gasteiger partial charge in [-0.2, -0.15) is 0 Å². The topological polar surface area (TPSA) is 80.5 Å². The Kier molecular flexibility index (Phi) is 4.61. The lowest BCUT2D eigenvalue weighted by molar-refractivity contribution is -0.384. The SMILES string of the molecule is CC1(C)CCN(c2c(Cl)cc(Cl)cc2[N+](=O)[O-])CCS1(=O)=O. The molecule has 0 spiro atoms. The largest absolute Gasteiger partial charge is 0.364 e. The van der Waals surface area contributed by atoms with E-state index in [-0.39, 0.29) is 33.7 Å². The van der Waals surface area contributed by atoms with Crippen LogP contribution >= 0.6 is 23.2 Å². The van der Waals surface area contributed by atoms with Crippen LogP contribution in [-0.4, -0.2) is 36.9 Å². The molecule has 6 nitrogen and oxygen atoms in total. The predicted octanol–water partition coefficient (Wildman–Crippen LogP) is 3.31. The molecule has 1 heterocycles. The van der Waals surface area contributed by atoms with E-state index in [9.17, 15) is 18.5 Å². The number of benzene rings is 1. The second-order valence-corrected chi connectivity index (χ2v) is 9.41. The molecule has 1 aromatic carbocycles. The highest BCUT2D eigenvalue weighted by molar-refractivity contribution is 7.92. The third-order valence-electron chi connectivity index (χ3n) is 3.98. The fourth-order valence-electron chi connectivity index (χ4n) is 2.41. The first-order valence-corrected chi connectivity index (χ1v) is 9.07. The van der Waals surface area contributed by atoms with Crippen molar-refractivity contribution in [3.63, 3.8) is 0 Å². The van der Waals surface area contributed by atoms with E-state index in [1.807, 2.05) is 0 Å². The van der Waals surface area contributed by atoms with Gasteiger partial charge in [0.15, 0.2) is 9.84 Å². The molecule has 0 unspecified atom stereocenters. The molecular formula is C13H16Cl2N2O4S. The normalized spacial score (nSPS) is 20.5. The van der Waals surface area contributed by atoms with Gasteiger partial charge < -0.3 is 4.90 Å².